The van der Waals surface area contributed by atoms with Crippen molar-refractivity contribution < 1.29 is 14.6 Å². The van der Waals surface area contributed by atoms with Gasteiger partial charge in [0.15, 0.2) is 0 Å². The lowest BCUT2D eigenvalue weighted by Gasteiger charge is -2.06. The summed E-state index contributed by atoms with van der Waals surface area (Å²) < 4.78 is 4.89. The molecule has 0 aromatic rings. The number of rotatable bonds is 12. The topological polar surface area (TPSA) is 46.5 Å². The summed E-state index contributed by atoms with van der Waals surface area (Å²) in [5.41, 5.74) is 0. The first-order valence-electron chi connectivity index (χ1n) is 7.53. The van der Waals surface area contributed by atoms with Crippen molar-refractivity contribution in [1.29, 1.82) is 0 Å². The molecule has 0 fully saturated rings. The van der Waals surface area contributed by atoms with Gasteiger partial charge in [0, 0.05) is 0 Å². The number of unbranched alkanes of at least 4 members (excludes halogenated alkanes) is 9. The molecule has 3 heteroatoms. The Hall–Kier alpha value is -0.570. The average molecular weight is 258 g/mol. The van der Waals surface area contributed by atoms with Crippen LogP contribution in [0.15, 0.2) is 0 Å². The summed E-state index contributed by atoms with van der Waals surface area (Å²) in [6.45, 7) is 4.12. The number of aliphatic hydroxyl groups is 1. The van der Waals surface area contributed by atoms with Gasteiger partial charge in [-0.3, -0.25) is 0 Å². The van der Waals surface area contributed by atoms with Crippen molar-refractivity contribution in [2.24, 2.45) is 0 Å². The van der Waals surface area contributed by atoms with E-state index in [4.69, 9.17) is 9.84 Å². The second-order valence-corrected chi connectivity index (χ2v) is 5.03. The summed E-state index contributed by atoms with van der Waals surface area (Å²) in [6.07, 6.45) is 11.7. The lowest BCUT2D eigenvalue weighted by atomic mass is 10.1. The van der Waals surface area contributed by atoms with Crippen molar-refractivity contribution in [3.05, 3.63) is 0 Å². The maximum atomic E-state index is 10.9. The van der Waals surface area contributed by atoms with Crippen LogP contribution >= 0.6 is 0 Å². The summed E-state index contributed by atoms with van der Waals surface area (Å²) >= 11 is 0. The molecule has 0 aliphatic rings. The summed E-state index contributed by atoms with van der Waals surface area (Å²) in [4.78, 5) is 10.9. The van der Waals surface area contributed by atoms with Crippen LogP contribution in [0.2, 0.25) is 0 Å². The van der Waals surface area contributed by atoms with Crippen LogP contribution < -0.4 is 0 Å². The molecule has 0 radical (unpaired) electrons. The van der Waals surface area contributed by atoms with E-state index in [1.54, 1.807) is 0 Å². The molecule has 0 rings (SSSR count). The maximum Gasteiger partial charge on any atom is 0.334 e. The van der Waals surface area contributed by atoms with Gasteiger partial charge in [0.05, 0.1) is 6.61 Å². The maximum absolute atomic E-state index is 10.9. The van der Waals surface area contributed by atoms with E-state index in [1.807, 2.05) is 0 Å². The van der Waals surface area contributed by atoms with E-state index in [2.05, 4.69) is 6.92 Å². The molecule has 0 spiro atoms. The first kappa shape index (κ1) is 17.4. The number of aliphatic hydroxyl groups excluding tert-OH is 1. The summed E-state index contributed by atoms with van der Waals surface area (Å²) in [6, 6.07) is 0. The molecular weight excluding hydrogens is 228 g/mol. The fraction of sp³-hybridized carbons (Fsp3) is 0.933. The third kappa shape index (κ3) is 11.9. The molecule has 0 aromatic carbocycles. The van der Waals surface area contributed by atoms with Gasteiger partial charge >= 0.3 is 5.97 Å². The molecule has 0 heterocycles. The minimum absolute atomic E-state index is 0.445. The molecule has 0 saturated heterocycles. The number of hydrogen-bond acceptors (Lipinski definition) is 3. The van der Waals surface area contributed by atoms with Crippen LogP contribution in [0.1, 0.15) is 78.1 Å². The zero-order valence-corrected chi connectivity index (χ0v) is 12.1. The van der Waals surface area contributed by atoms with Crippen LogP contribution in [0.25, 0.3) is 0 Å². The molecule has 0 aromatic heterocycles. The predicted octanol–water partition coefficient (Wildman–Crippen LogP) is 3.83. The van der Waals surface area contributed by atoms with E-state index in [-0.39, 0.29) is 0 Å². The molecule has 0 bridgehead atoms. The molecule has 0 aliphatic heterocycles. The van der Waals surface area contributed by atoms with Crippen LogP contribution in [0.3, 0.4) is 0 Å². The summed E-state index contributed by atoms with van der Waals surface area (Å²) in [5, 5.41) is 8.91. The van der Waals surface area contributed by atoms with Crippen molar-refractivity contribution in [1.82, 2.24) is 0 Å². The van der Waals surface area contributed by atoms with Gasteiger partial charge in [0.2, 0.25) is 0 Å². The first-order valence-corrected chi connectivity index (χ1v) is 7.53. The number of esters is 1. The highest BCUT2D eigenvalue weighted by molar-refractivity contribution is 5.73. The smallest absolute Gasteiger partial charge is 0.334 e. The van der Waals surface area contributed by atoms with Crippen LogP contribution in [-0.4, -0.2) is 23.8 Å². The van der Waals surface area contributed by atoms with Gasteiger partial charge in [0.1, 0.15) is 6.10 Å². The molecule has 1 N–H and O–H groups in total. The number of carbonyl (C=O) groups excluding carboxylic acids is 1. The lowest BCUT2D eigenvalue weighted by Crippen LogP contribution is -2.19. The van der Waals surface area contributed by atoms with Crippen molar-refractivity contribution in [2.75, 3.05) is 6.61 Å². The van der Waals surface area contributed by atoms with Gasteiger partial charge in [-0.05, 0) is 13.3 Å². The standard InChI is InChI=1S/C15H30O3/c1-3-4-5-6-7-8-9-10-11-12-13-18-15(17)14(2)16/h14,16H,3-13H2,1-2H3/t14-/m0/s1. The van der Waals surface area contributed by atoms with Crippen LogP contribution in [0.4, 0.5) is 0 Å². The molecule has 108 valence electrons. The van der Waals surface area contributed by atoms with Crippen molar-refractivity contribution >= 4 is 5.97 Å². The molecule has 3 nitrogen and oxygen atoms in total. The quantitative estimate of drug-likeness (QED) is 0.427. The Bertz CT molecular complexity index is 190. The monoisotopic (exact) mass is 258 g/mol. The third-order valence-electron chi connectivity index (χ3n) is 3.08. The van der Waals surface area contributed by atoms with Gasteiger partial charge in [-0.1, -0.05) is 64.7 Å². The fourth-order valence-electron chi connectivity index (χ4n) is 1.88. The van der Waals surface area contributed by atoms with Crippen molar-refractivity contribution in [3.8, 4) is 0 Å². The largest absolute Gasteiger partial charge is 0.464 e. The van der Waals surface area contributed by atoms with Gasteiger partial charge in [-0.2, -0.15) is 0 Å². The second kappa shape index (κ2) is 12.9. The van der Waals surface area contributed by atoms with E-state index in [1.165, 1.54) is 58.3 Å². The Kier molecular flexibility index (Phi) is 12.5. The SMILES string of the molecule is CCCCCCCCCCCCOC(=O)[C@H](C)O. The van der Waals surface area contributed by atoms with Crippen molar-refractivity contribution in [2.45, 2.75) is 84.2 Å². The van der Waals surface area contributed by atoms with Gasteiger partial charge < -0.3 is 9.84 Å². The van der Waals surface area contributed by atoms with Gasteiger partial charge in [0.25, 0.3) is 0 Å². The minimum atomic E-state index is -0.992. The van der Waals surface area contributed by atoms with Gasteiger partial charge in [-0.25, -0.2) is 4.79 Å². The first-order chi connectivity index (χ1) is 8.68. The van der Waals surface area contributed by atoms with E-state index in [0.717, 1.165) is 12.8 Å². The molecule has 0 aliphatic carbocycles. The molecule has 0 unspecified atom stereocenters. The molecule has 1 atom stereocenters. The zero-order valence-electron chi connectivity index (χ0n) is 12.1. The lowest BCUT2D eigenvalue weighted by molar-refractivity contribution is -0.152. The highest BCUT2D eigenvalue weighted by Gasteiger charge is 2.08. The number of hydrogen-bond donors (Lipinski definition) is 1. The highest BCUT2D eigenvalue weighted by Crippen LogP contribution is 2.10. The summed E-state index contributed by atoms with van der Waals surface area (Å²) in [5.74, 6) is -0.508. The molecule has 18 heavy (non-hydrogen) atoms. The number of carbonyl (C=O) groups is 1. The van der Waals surface area contributed by atoms with Crippen LogP contribution in [0, 0.1) is 0 Å². The zero-order chi connectivity index (χ0) is 13.6. The van der Waals surface area contributed by atoms with Crippen molar-refractivity contribution in [3.63, 3.8) is 0 Å². The molecule has 0 saturated carbocycles. The Balaban J connectivity index is 3.05. The van der Waals surface area contributed by atoms with E-state index < -0.39 is 12.1 Å². The Morgan fingerprint density at radius 2 is 1.39 bits per heavy atom. The summed E-state index contributed by atoms with van der Waals surface area (Å²) in [7, 11) is 0. The second-order valence-electron chi connectivity index (χ2n) is 5.03. The molecular formula is C15H30O3. The highest BCUT2D eigenvalue weighted by atomic mass is 16.5. The Morgan fingerprint density at radius 1 is 0.944 bits per heavy atom. The Morgan fingerprint density at radius 3 is 1.83 bits per heavy atom. The van der Waals surface area contributed by atoms with Gasteiger partial charge in [-0.15, -0.1) is 0 Å². The fourth-order valence-corrected chi connectivity index (χ4v) is 1.88. The molecule has 0 amide bonds. The third-order valence-corrected chi connectivity index (χ3v) is 3.08. The normalized spacial score (nSPS) is 12.4. The van der Waals surface area contributed by atoms with E-state index >= 15 is 0 Å². The van der Waals surface area contributed by atoms with Crippen LogP contribution in [0.5, 0.6) is 0 Å². The minimum Gasteiger partial charge on any atom is -0.464 e. The Labute approximate surface area is 112 Å². The number of ether oxygens (including phenoxy) is 1. The van der Waals surface area contributed by atoms with E-state index in [0.29, 0.717) is 6.61 Å². The van der Waals surface area contributed by atoms with E-state index in [9.17, 15) is 4.79 Å². The predicted molar refractivity (Wildman–Crippen MR) is 74.5 cm³/mol. The average Bonchev–Trinajstić information content (AvgIpc) is 2.35. The van der Waals surface area contributed by atoms with Crippen LogP contribution in [-0.2, 0) is 9.53 Å².